The van der Waals surface area contributed by atoms with Crippen LogP contribution in [-0.4, -0.2) is 46.9 Å². The van der Waals surface area contributed by atoms with Gasteiger partial charge in [0.2, 0.25) is 5.91 Å². The van der Waals surface area contributed by atoms with Crippen molar-refractivity contribution < 1.29 is 24.5 Å². The number of carbonyl (C=O) groups excluding carboxylic acids is 2. The molecule has 0 rings (SSSR count). The summed E-state index contributed by atoms with van der Waals surface area (Å²) in [4.78, 5) is 25.9. The summed E-state index contributed by atoms with van der Waals surface area (Å²) in [5.41, 5.74) is 0. The maximum atomic E-state index is 13.1. The largest absolute Gasteiger partial charge is 0.462 e. The maximum absolute atomic E-state index is 13.1. The lowest BCUT2D eigenvalue weighted by atomic mass is 10.0. The van der Waals surface area contributed by atoms with Crippen LogP contribution < -0.4 is 5.32 Å². The molecule has 0 bridgehead atoms. The molecular formula is C48H89NO5. The van der Waals surface area contributed by atoms with Crippen LogP contribution in [0.3, 0.4) is 0 Å². The van der Waals surface area contributed by atoms with Gasteiger partial charge in [-0.1, -0.05) is 205 Å². The highest BCUT2D eigenvalue weighted by Gasteiger charge is 2.24. The SMILES string of the molecule is CCCCCCC/C=C/C=C/C=C/CCCCCC(CC(=O)NC(CO)C(O)CCCCCCCCCCCC)OC(=O)CCCCCCCCCCC. The Labute approximate surface area is 334 Å². The summed E-state index contributed by atoms with van der Waals surface area (Å²) in [5, 5.41) is 23.6. The van der Waals surface area contributed by atoms with E-state index in [1.807, 2.05) is 0 Å². The van der Waals surface area contributed by atoms with Crippen LogP contribution in [0.15, 0.2) is 36.5 Å². The van der Waals surface area contributed by atoms with E-state index in [1.165, 1.54) is 116 Å². The zero-order valence-corrected chi connectivity index (χ0v) is 35.9. The molecule has 0 spiro atoms. The van der Waals surface area contributed by atoms with Crippen LogP contribution in [-0.2, 0) is 14.3 Å². The Bertz CT molecular complexity index is 900. The number of nitrogens with one attached hydrogen (secondary N) is 1. The Kier molecular flexibility index (Phi) is 40.7. The lowest BCUT2D eigenvalue weighted by molar-refractivity contribution is -0.151. The molecule has 0 aliphatic rings. The minimum atomic E-state index is -0.792. The summed E-state index contributed by atoms with van der Waals surface area (Å²) in [6.07, 6.45) is 47.7. The van der Waals surface area contributed by atoms with E-state index in [0.29, 0.717) is 19.3 Å². The molecule has 0 saturated carbocycles. The number of hydrogen-bond acceptors (Lipinski definition) is 5. The van der Waals surface area contributed by atoms with E-state index < -0.39 is 18.2 Å². The molecule has 6 heteroatoms. The van der Waals surface area contributed by atoms with Crippen LogP contribution in [0.2, 0.25) is 0 Å². The number of aliphatic hydroxyl groups excluding tert-OH is 2. The molecule has 0 heterocycles. The third kappa shape index (κ3) is 37.0. The van der Waals surface area contributed by atoms with Crippen LogP contribution in [0.1, 0.15) is 233 Å². The first-order valence-corrected chi connectivity index (χ1v) is 23.2. The van der Waals surface area contributed by atoms with Gasteiger partial charge in [0.15, 0.2) is 0 Å². The zero-order valence-electron chi connectivity index (χ0n) is 35.9. The third-order valence-corrected chi connectivity index (χ3v) is 10.5. The Morgan fingerprint density at radius 3 is 1.43 bits per heavy atom. The Balaban J connectivity index is 4.66. The Hall–Kier alpha value is -1.92. The summed E-state index contributed by atoms with van der Waals surface area (Å²) in [6.45, 7) is 6.42. The van der Waals surface area contributed by atoms with Crippen molar-refractivity contribution in [3.05, 3.63) is 36.5 Å². The van der Waals surface area contributed by atoms with Crippen LogP contribution in [0, 0.1) is 0 Å². The van der Waals surface area contributed by atoms with Gasteiger partial charge in [-0.15, -0.1) is 0 Å². The van der Waals surface area contributed by atoms with Crippen molar-refractivity contribution in [2.75, 3.05) is 6.61 Å². The second-order valence-electron chi connectivity index (χ2n) is 15.9. The van der Waals surface area contributed by atoms with Gasteiger partial charge in [0.25, 0.3) is 0 Å². The van der Waals surface area contributed by atoms with Gasteiger partial charge >= 0.3 is 5.97 Å². The summed E-state index contributed by atoms with van der Waals surface area (Å²) >= 11 is 0. The molecule has 0 fully saturated rings. The van der Waals surface area contributed by atoms with E-state index in [4.69, 9.17) is 4.74 Å². The highest BCUT2D eigenvalue weighted by Crippen LogP contribution is 2.17. The Morgan fingerprint density at radius 2 is 0.944 bits per heavy atom. The molecule has 0 aromatic rings. The minimum absolute atomic E-state index is 0.0575. The van der Waals surface area contributed by atoms with Gasteiger partial charge in [-0.3, -0.25) is 9.59 Å². The molecular weight excluding hydrogens is 671 g/mol. The van der Waals surface area contributed by atoms with E-state index in [-0.39, 0.29) is 24.9 Å². The number of hydrogen-bond donors (Lipinski definition) is 3. The number of rotatable bonds is 41. The summed E-state index contributed by atoms with van der Waals surface area (Å²) < 4.78 is 5.88. The van der Waals surface area contributed by atoms with Gasteiger partial charge in [0.05, 0.1) is 25.2 Å². The van der Waals surface area contributed by atoms with E-state index in [1.54, 1.807) is 0 Å². The van der Waals surface area contributed by atoms with Crippen molar-refractivity contribution in [2.24, 2.45) is 0 Å². The molecule has 6 nitrogen and oxygen atoms in total. The topological polar surface area (TPSA) is 95.9 Å². The van der Waals surface area contributed by atoms with E-state index in [0.717, 1.165) is 70.6 Å². The predicted molar refractivity (Wildman–Crippen MR) is 232 cm³/mol. The summed E-state index contributed by atoms with van der Waals surface area (Å²) in [6, 6.07) is -0.707. The van der Waals surface area contributed by atoms with Crippen LogP contribution in [0.5, 0.6) is 0 Å². The fourth-order valence-corrected chi connectivity index (χ4v) is 6.96. The molecule has 3 N–H and O–H groups in total. The Morgan fingerprint density at radius 1 is 0.537 bits per heavy atom. The average molecular weight is 760 g/mol. The molecule has 0 aliphatic heterocycles. The molecule has 0 aliphatic carbocycles. The number of carbonyl (C=O) groups is 2. The van der Waals surface area contributed by atoms with Gasteiger partial charge in [0, 0.05) is 6.42 Å². The van der Waals surface area contributed by atoms with Crippen molar-refractivity contribution in [1.82, 2.24) is 5.32 Å². The second-order valence-corrected chi connectivity index (χ2v) is 15.9. The van der Waals surface area contributed by atoms with Crippen molar-refractivity contribution in [3.8, 4) is 0 Å². The lowest BCUT2D eigenvalue weighted by Crippen LogP contribution is -2.46. The van der Waals surface area contributed by atoms with E-state index in [9.17, 15) is 19.8 Å². The minimum Gasteiger partial charge on any atom is -0.462 e. The summed E-state index contributed by atoms with van der Waals surface area (Å²) in [7, 11) is 0. The third-order valence-electron chi connectivity index (χ3n) is 10.5. The predicted octanol–water partition coefficient (Wildman–Crippen LogP) is 13.3. The zero-order chi connectivity index (χ0) is 39.6. The van der Waals surface area contributed by atoms with Gasteiger partial charge in [-0.25, -0.2) is 0 Å². The van der Waals surface area contributed by atoms with Crippen LogP contribution in [0.4, 0.5) is 0 Å². The standard InChI is InChI=1S/C48H89NO5/c1-4-7-10-13-16-19-21-22-23-24-25-26-28-30-33-36-39-44(54-48(53)41-38-35-32-27-18-15-12-9-6-3)42-47(52)49-45(43-50)46(51)40-37-34-31-29-20-17-14-11-8-5-2/h21-26,44-46,50-51H,4-20,27-43H2,1-3H3,(H,49,52)/b22-21+,24-23+,26-25+. The molecule has 0 saturated heterocycles. The second kappa shape index (κ2) is 42.2. The average Bonchev–Trinajstić information content (AvgIpc) is 3.16. The van der Waals surface area contributed by atoms with Crippen molar-refractivity contribution >= 4 is 11.9 Å². The smallest absolute Gasteiger partial charge is 0.306 e. The number of aliphatic hydroxyl groups is 2. The van der Waals surface area contributed by atoms with Crippen molar-refractivity contribution in [3.63, 3.8) is 0 Å². The lowest BCUT2D eigenvalue weighted by Gasteiger charge is -2.24. The molecule has 3 unspecified atom stereocenters. The quantitative estimate of drug-likeness (QED) is 0.0328. The normalized spacial score (nSPS) is 13.6. The number of esters is 1. The molecule has 54 heavy (non-hydrogen) atoms. The van der Waals surface area contributed by atoms with E-state index in [2.05, 4.69) is 62.5 Å². The number of unbranched alkanes of at least 4 members (excludes halogenated alkanes) is 25. The van der Waals surface area contributed by atoms with Gasteiger partial charge in [-0.05, 0) is 51.4 Å². The molecule has 1 amide bonds. The first-order valence-electron chi connectivity index (χ1n) is 23.2. The van der Waals surface area contributed by atoms with Crippen LogP contribution >= 0.6 is 0 Å². The maximum Gasteiger partial charge on any atom is 0.306 e. The van der Waals surface area contributed by atoms with E-state index >= 15 is 0 Å². The monoisotopic (exact) mass is 760 g/mol. The molecule has 3 atom stereocenters. The highest BCUT2D eigenvalue weighted by atomic mass is 16.5. The van der Waals surface area contributed by atoms with Gasteiger partial charge in [-0.2, -0.15) is 0 Å². The molecule has 316 valence electrons. The number of amides is 1. The fraction of sp³-hybridized carbons (Fsp3) is 0.833. The molecule has 0 radical (unpaired) electrons. The van der Waals surface area contributed by atoms with Crippen LogP contribution in [0.25, 0.3) is 0 Å². The number of ether oxygens (including phenoxy) is 1. The first kappa shape index (κ1) is 52.1. The molecule has 0 aromatic carbocycles. The van der Waals surface area contributed by atoms with Crippen molar-refractivity contribution in [1.29, 1.82) is 0 Å². The molecule has 0 aromatic heterocycles. The summed E-state index contributed by atoms with van der Waals surface area (Å²) in [5.74, 6) is -0.506. The fourth-order valence-electron chi connectivity index (χ4n) is 6.96. The van der Waals surface area contributed by atoms with Gasteiger partial charge in [0.1, 0.15) is 6.10 Å². The number of allylic oxidation sites excluding steroid dienone is 6. The first-order chi connectivity index (χ1) is 26.5. The van der Waals surface area contributed by atoms with Crippen molar-refractivity contribution in [2.45, 2.75) is 251 Å². The highest BCUT2D eigenvalue weighted by molar-refractivity contribution is 5.77. The van der Waals surface area contributed by atoms with Gasteiger partial charge < -0.3 is 20.3 Å².